The average Bonchev–Trinajstić information content (AvgIpc) is 2.37. The molecule has 0 radical (unpaired) electrons. The normalized spacial score (nSPS) is 13.1. The second-order valence-corrected chi connectivity index (χ2v) is 7.47. The van der Waals surface area contributed by atoms with Gasteiger partial charge in [-0.25, -0.2) is 12.8 Å². The molecule has 0 aliphatic carbocycles. The highest BCUT2D eigenvalue weighted by molar-refractivity contribution is 7.91. The van der Waals surface area contributed by atoms with Crippen molar-refractivity contribution >= 4 is 9.84 Å². The van der Waals surface area contributed by atoms with Gasteiger partial charge >= 0.3 is 0 Å². The van der Waals surface area contributed by atoms with Gasteiger partial charge in [-0.05, 0) is 37.0 Å². The SMILES string of the molecule is CCCS(=O)(=O)CCOc1cc(F)cc(CC(N)CC)c1. The maximum Gasteiger partial charge on any atom is 0.153 e. The highest BCUT2D eigenvalue weighted by Crippen LogP contribution is 2.18. The van der Waals surface area contributed by atoms with E-state index in [4.69, 9.17) is 10.5 Å². The van der Waals surface area contributed by atoms with E-state index in [-0.39, 0.29) is 24.2 Å². The van der Waals surface area contributed by atoms with Gasteiger partial charge in [0.05, 0.1) is 11.5 Å². The van der Waals surface area contributed by atoms with Crippen molar-refractivity contribution in [3.8, 4) is 5.75 Å². The third-order valence-electron chi connectivity index (χ3n) is 3.13. The van der Waals surface area contributed by atoms with Crippen LogP contribution in [0.3, 0.4) is 0 Å². The average molecular weight is 317 g/mol. The third kappa shape index (κ3) is 6.91. The fraction of sp³-hybridized carbons (Fsp3) is 0.600. The van der Waals surface area contributed by atoms with Crippen LogP contribution in [0, 0.1) is 5.82 Å². The van der Waals surface area contributed by atoms with E-state index >= 15 is 0 Å². The summed E-state index contributed by atoms with van der Waals surface area (Å²) in [5, 5.41) is 0. The molecule has 0 aliphatic rings. The number of halogens is 1. The van der Waals surface area contributed by atoms with Gasteiger partial charge in [0, 0.05) is 12.1 Å². The van der Waals surface area contributed by atoms with Crippen molar-refractivity contribution in [2.24, 2.45) is 5.73 Å². The number of hydrogen-bond acceptors (Lipinski definition) is 4. The summed E-state index contributed by atoms with van der Waals surface area (Å²) in [6, 6.07) is 4.37. The molecule has 0 spiro atoms. The standard InChI is InChI=1S/C15H24FNO3S/c1-3-6-21(18,19)7-5-20-15-10-12(8-13(16)11-15)9-14(17)4-2/h8,10-11,14H,3-7,9,17H2,1-2H3. The lowest BCUT2D eigenvalue weighted by Gasteiger charge is -2.11. The molecule has 1 atom stereocenters. The monoisotopic (exact) mass is 317 g/mol. The third-order valence-corrected chi connectivity index (χ3v) is 4.95. The first-order chi connectivity index (χ1) is 9.86. The van der Waals surface area contributed by atoms with Gasteiger partial charge in [-0.2, -0.15) is 0 Å². The highest BCUT2D eigenvalue weighted by atomic mass is 32.2. The van der Waals surface area contributed by atoms with Gasteiger partial charge in [0.25, 0.3) is 0 Å². The summed E-state index contributed by atoms with van der Waals surface area (Å²) in [5.74, 6) is 0.0410. The molecule has 0 bridgehead atoms. The van der Waals surface area contributed by atoms with Crippen molar-refractivity contribution < 1.29 is 17.5 Å². The largest absolute Gasteiger partial charge is 0.492 e. The molecule has 1 aromatic carbocycles. The van der Waals surface area contributed by atoms with Gasteiger partial charge in [0.15, 0.2) is 9.84 Å². The highest BCUT2D eigenvalue weighted by Gasteiger charge is 2.10. The lowest BCUT2D eigenvalue weighted by Crippen LogP contribution is -2.21. The zero-order chi connectivity index (χ0) is 15.9. The first-order valence-corrected chi connectivity index (χ1v) is 9.06. The quantitative estimate of drug-likeness (QED) is 0.759. The topological polar surface area (TPSA) is 69.4 Å². The zero-order valence-corrected chi connectivity index (χ0v) is 13.5. The van der Waals surface area contributed by atoms with Crippen molar-refractivity contribution in [2.75, 3.05) is 18.1 Å². The minimum atomic E-state index is -3.08. The summed E-state index contributed by atoms with van der Waals surface area (Å²) in [5.41, 5.74) is 6.61. The van der Waals surface area contributed by atoms with Crippen LogP contribution >= 0.6 is 0 Å². The Hall–Kier alpha value is -1.14. The molecular formula is C15H24FNO3S. The second-order valence-electron chi connectivity index (χ2n) is 5.17. The molecule has 0 fully saturated rings. The van der Waals surface area contributed by atoms with Gasteiger partial charge in [0.2, 0.25) is 0 Å². The van der Waals surface area contributed by atoms with Crippen molar-refractivity contribution in [3.63, 3.8) is 0 Å². The Morgan fingerprint density at radius 2 is 1.95 bits per heavy atom. The number of nitrogens with two attached hydrogens (primary N) is 1. The summed E-state index contributed by atoms with van der Waals surface area (Å²) < 4.78 is 42.0. The van der Waals surface area contributed by atoms with E-state index in [2.05, 4.69) is 0 Å². The van der Waals surface area contributed by atoms with Crippen molar-refractivity contribution in [1.29, 1.82) is 0 Å². The van der Waals surface area contributed by atoms with Gasteiger partial charge in [-0.3, -0.25) is 0 Å². The summed E-state index contributed by atoms with van der Waals surface area (Å²) in [7, 11) is -3.08. The molecule has 2 N–H and O–H groups in total. The fourth-order valence-electron chi connectivity index (χ4n) is 1.97. The minimum Gasteiger partial charge on any atom is -0.492 e. The van der Waals surface area contributed by atoms with Crippen molar-refractivity contribution in [1.82, 2.24) is 0 Å². The summed E-state index contributed by atoms with van der Waals surface area (Å²) >= 11 is 0. The Kier molecular flexibility index (Phi) is 7.11. The first-order valence-electron chi connectivity index (χ1n) is 7.24. The van der Waals surface area contributed by atoms with Crippen LogP contribution in [-0.2, 0) is 16.3 Å². The predicted octanol–water partition coefficient (Wildman–Crippen LogP) is 2.31. The van der Waals surface area contributed by atoms with Crippen LogP contribution in [0.1, 0.15) is 32.3 Å². The number of sulfone groups is 1. The Morgan fingerprint density at radius 1 is 1.24 bits per heavy atom. The Morgan fingerprint density at radius 3 is 2.57 bits per heavy atom. The molecule has 120 valence electrons. The lowest BCUT2D eigenvalue weighted by atomic mass is 10.0. The molecule has 0 heterocycles. The second kappa shape index (κ2) is 8.34. The van der Waals surface area contributed by atoms with Gasteiger partial charge in [0.1, 0.15) is 18.2 Å². The van der Waals surface area contributed by atoms with Crippen LogP contribution in [0.25, 0.3) is 0 Å². The molecule has 21 heavy (non-hydrogen) atoms. The van der Waals surface area contributed by atoms with E-state index < -0.39 is 15.7 Å². The molecule has 1 rings (SSSR count). The molecular weight excluding hydrogens is 293 g/mol. The van der Waals surface area contributed by atoms with Crippen LogP contribution in [0.5, 0.6) is 5.75 Å². The molecule has 6 heteroatoms. The van der Waals surface area contributed by atoms with Crippen LogP contribution in [0.4, 0.5) is 4.39 Å². The number of hydrogen-bond donors (Lipinski definition) is 1. The van der Waals surface area contributed by atoms with Crippen LogP contribution < -0.4 is 10.5 Å². The van der Waals surface area contributed by atoms with Crippen molar-refractivity contribution in [3.05, 3.63) is 29.6 Å². The van der Waals surface area contributed by atoms with Crippen LogP contribution in [0.15, 0.2) is 18.2 Å². The van der Waals surface area contributed by atoms with E-state index in [0.717, 1.165) is 12.0 Å². The smallest absolute Gasteiger partial charge is 0.153 e. The molecule has 0 saturated carbocycles. The van der Waals surface area contributed by atoms with Gasteiger partial charge in [-0.1, -0.05) is 13.8 Å². The van der Waals surface area contributed by atoms with Crippen molar-refractivity contribution in [2.45, 2.75) is 39.2 Å². The van der Waals surface area contributed by atoms with E-state index in [1.165, 1.54) is 12.1 Å². The van der Waals surface area contributed by atoms with E-state index in [9.17, 15) is 12.8 Å². The number of benzene rings is 1. The number of rotatable bonds is 9. The minimum absolute atomic E-state index is 0.0235. The molecule has 0 saturated heterocycles. The van der Waals surface area contributed by atoms with Crippen LogP contribution in [-0.4, -0.2) is 32.6 Å². The zero-order valence-electron chi connectivity index (χ0n) is 12.6. The molecule has 0 aliphatic heterocycles. The van der Waals surface area contributed by atoms with E-state index in [1.807, 2.05) is 13.8 Å². The maximum absolute atomic E-state index is 13.5. The Bertz CT molecular complexity index is 546. The predicted molar refractivity (Wildman–Crippen MR) is 82.8 cm³/mol. The maximum atomic E-state index is 13.5. The Labute approximate surface area is 126 Å². The molecule has 0 amide bonds. The number of ether oxygens (including phenoxy) is 1. The Balaban J connectivity index is 2.63. The summed E-state index contributed by atoms with van der Waals surface area (Å²) in [4.78, 5) is 0. The summed E-state index contributed by atoms with van der Waals surface area (Å²) in [6.45, 7) is 3.82. The van der Waals surface area contributed by atoms with E-state index in [0.29, 0.717) is 18.6 Å². The molecule has 0 aromatic heterocycles. The molecule has 1 aromatic rings. The fourth-order valence-corrected chi connectivity index (χ4v) is 3.13. The molecule has 1 unspecified atom stereocenters. The summed E-state index contributed by atoms with van der Waals surface area (Å²) in [6.07, 6.45) is 1.96. The van der Waals surface area contributed by atoms with E-state index in [1.54, 1.807) is 6.07 Å². The first kappa shape index (κ1) is 17.9. The van der Waals surface area contributed by atoms with Gasteiger partial charge in [-0.15, -0.1) is 0 Å². The van der Waals surface area contributed by atoms with Crippen LogP contribution in [0.2, 0.25) is 0 Å². The molecule has 4 nitrogen and oxygen atoms in total. The lowest BCUT2D eigenvalue weighted by molar-refractivity contribution is 0.338. The van der Waals surface area contributed by atoms with Gasteiger partial charge < -0.3 is 10.5 Å².